The van der Waals surface area contributed by atoms with Crippen molar-refractivity contribution < 1.29 is 23.0 Å². The van der Waals surface area contributed by atoms with E-state index in [1.807, 2.05) is 24.3 Å². The van der Waals surface area contributed by atoms with Crippen molar-refractivity contribution in [3.05, 3.63) is 163 Å². The minimum absolute atomic E-state index is 0.203. The lowest BCUT2D eigenvalue weighted by atomic mass is 9.29. The summed E-state index contributed by atoms with van der Waals surface area (Å²) in [5.41, 5.74) is 19.5. The molecule has 5 aliphatic heterocycles. The molecule has 0 spiro atoms. The lowest BCUT2D eigenvalue weighted by Gasteiger charge is -2.49. The lowest BCUT2D eigenvalue weighted by Crippen LogP contribution is -2.67. The van der Waals surface area contributed by atoms with Gasteiger partial charge in [-0.05, 0) is 82.0 Å². The van der Waals surface area contributed by atoms with Gasteiger partial charge in [-0.2, -0.15) is 0 Å². The molecule has 0 atom stereocenters. The molecule has 0 fully saturated rings. The monoisotopic (exact) mass is 819 g/mol. The molecule has 0 saturated carbocycles. The molecule has 0 amide bonds. The average Bonchev–Trinajstić information content (AvgIpc) is 3.90. The third-order valence-electron chi connectivity index (χ3n) is 14.4. The summed E-state index contributed by atoms with van der Waals surface area (Å²) in [6.07, 6.45) is 0. The molecule has 0 aliphatic carbocycles. The van der Waals surface area contributed by atoms with Crippen molar-refractivity contribution in [2.24, 2.45) is 0 Å². The minimum atomic E-state index is -0.203. The number of nitrogens with zero attached hydrogens (tertiary/aromatic N) is 1. The molecule has 0 unspecified atom stereocenters. The first-order valence-corrected chi connectivity index (χ1v) is 22.0. The van der Waals surface area contributed by atoms with Gasteiger partial charge in [0.1, 0.15) is 34.2 Å². The summed E-state index contributed by atoms with van der Waals surface area (Å²) in [5.74, 6) is 4.64. The Morgan fingerprint density at radius 2 is 0.844 bits per heavy atom. The summed E-state index contributed by atoms with van der Waals surface area (Å²) in [4.78, 5) is 2.45. The molecule has 6 nitrogen and oxygen atoms in total. The Bertz CT molecular complexity index is 3730. The maximum Gasteiger partial charge on any atom is 0.256 e. The van der Waals surface area contributed by atoms with Gasteiger partial charge in [-0.15, -0.1) is 0 Å². The molecule has 64 heavy (non-hydrogen) atoms. The van der Waals surface area contributed by atoms with E-state index in [2.05, 4.69) is 146 Å². The number of furan rings is 2. The normalized spacial score (nSPS) is 14.1. The number of ether oxygens (including phenoxy) is 3. The Kier molecular flexibility index (Phi) is 6.01. The molecule has 11 aromatic rings. The fourth-order valence-corrected chi connectivity index (χ4v) is 11.9. The van der Waals surface area contributed by atoms with Crippen LogP contribution in [0.5, 0.6) is 34.5 Å². The lowest BCUT2D eigenvalue weighted by molar-refractivity contribution is 0.462. The number of fused-ring (bicyclic) bond motifs is 14. The van der Waals surface area contributed by atoms with Crippen molar-refractivity contribution in [3.8, 4) is 56.8 Å². The summed E-state index contributed by atoms with van der Waals surface area (Å²) in [6, 6.07) is 53.8. The van der Waals surface area contributed by atoms with Crippen LogP contribution in [0.1, 0.15) is 11.1 Å². The third kappa shape index (κ3) is 4.01. The summed E-state index contributed by atoms with van der Waals surface area (Å²) < 4.78 is 36.1. The van der Waals surface area contributed by atoms with Gasteiger partial charge < -0.3 is 27.9 Å². The van der Waals surface area contributed by atoms with Crippen molar-refractivity contribution in [1.29, 1.82) is 0 Å². The topological polar surface area (TPSA) is 57.2 Å². The van der Waals surface area contributed by atoms with Gasteiger partial charge in [-0.3, -0.25) is 0 Å². The van der Waals surface area contributed by atoms with Crippen LogP contribution < -0.4 is 51.9 Å². The zero-order valence-corrected chi connectivity index (χ0v) is 34.6. The van der Waals surface area contributed by atoms with Crippen LogP contribution in [0.25, 0.3) is 66.1 Å². The highest BCUT2D eigenvalue weighted by Crippen LogP contribution is 2.59. The molecule has 2 aromatic heterocycles. The number of hydrogen-bond donors (Lipinski definition) is 0. The molecule has 16 rings (SSSR count). The van der Waals surface area contributed by atoms with Crippen LogP contribution in [0.3, 0.4) is 0 Å². The van der Waals surface area contributed by atoms with Crippen molar-refractivity contribution in [1.82, 2.24) is 0 Å². The van der Waals surface area contributed by atoms with Crippen molar-refractivity contribution in [2.75, 3.05) is 4.90 Å². The maximum absolute atomic E-state index is 7.54. The summed E-state index contributed by atoms with van der Waals surface area (Å²) in [5, 5.41) is 4.10. The second kappa shape index (κ2) is 11.5. The van der Waals surface area contributed by atoms with Gasteiger partial charge in [0.2, 0.25) is 0 Å². The summed E-state index contributed by atoms with van der Waals surface area (Å²) in [7, 11) is 0. The highest BCUT2D eigenvalue weighted by Gasteiger charge is 2.55. The summed E-state index contributed by atoms with van der Waals surface area (Å²) >= 11 is 0. The van der Waals surface area contributed by atoms with E-state index in [4.69, 9.17) is 23.0 Å². The number of hydrogen-bond acceptors (Lipinski definition) is 6. The Balaban J connectivity index is 1.10. The zero-order chi connectivity index (χ0) is 41.7. The van der Waals surface area contributed by atoms with E-state index >= 15 is 0 Å². The summed E-state index contributed by atoms with van der Waals surface area (Å²) in [6.45, 7) is 3.97. The van der Waals surface area contributed by atoms with E-state index in [1.165, 1.54) is 0 Å². The Labute approximate surface area is 367 Å². The van der Waals surface area contributed by atoms with Gasteiger partial charge in [-0.25, -0.2) is 0 Å². The van der Waals surface area contributed by atoms with E-state index in [1.54, 1.807) is 0 Å². The van der Waals surface area contributed by atoms with Crippen LogP contribution in [0.15, 0.2) is 160 Å². The molecular formula is C56H31B2NO5. The molecule has 8 heteroatoms. The van der Waals surface area contributed by atoms with Crippen LogP contribution in [0, 0.1) is 13.8 Å². The van der Waals surface area contributed by atoms with E-state index in [0.717, 1.165) is 139 Å². The Hall–Kier alpha value is -8.09. The highest BCUT2D eigenvalue weighted by atomic mass is 16.5. The molecule has 5 aliphatic rings. The number of aryl methyl sites for hydroxylation is 2. The molecule has 0 radical (unpaired) electrons. The highest BCUT2D eigenvalue weighted by molar-refractivity contribution is 7.04. The molecule has 0 bridgehead atoms. The predicted octanol–water partition coefficient (Wildman–Crippen LogP) is 10.9. The van der Waals surface area contributed by atoms with Crippen molar-refractivity contribution in [2.45, 2.75) is 13.8 Å². The second-order valence-electron chi connectivity index (χ2n) is 18.0. The van der Waals surface area contributed by atoms with Gasteiger partial charge in [0, 0.05) is 44.4 Å². The quantitative estimate of drug-likeness (QED) is 0.162. The van der Waals surface area contributed by atoms with Crippen LogP contribution in [-0.4, -0.2) is 13.4 Å². The van der Waals surface area contributed by atoms with E-state index in [9.17, 15) is 0 Å². The first-order valence-electron chi connectivity index (χ1n) is 22.0. The van der Waals surface area contributed by atoms with Crippen LogP contribution >= 0.6 is 0 Å². The Morgan fingerprint density at radius 3 is 1.33 bits per heavy atom. The van der Waals surface area contributed by atoms with Gasteiger partial charge in [0.25, 0.3) is 13.4 Å². The van der Waals surface area contributed by atoms with Crippen LogP contribution in [-0.2, 0) is 0 Å². The fraction of sp³-hybridized carbons (Fsp3) is 0.0357. The van der Waals surface area contributed by atoms with E-state index in [0.29, 0.717) is 22.7 Å². The number of anilines is 3. The standard InChI is InChI=1S/C56H31B2NO5/c1-28-21-34(30-13-5-3-6-14-30)51-40(23-28)57-38-25-36-32-17-9-11-19-42(32)60-53(36)55-48(38)59-49-39(26-37-33-18-10-12-20-43(33)61-54(37)56(49)64-55)58-41-24-29(2)22-35(31-15-7-4-8-16-31)52(41)63-45-27-44(62-51)46(57)50(59)47(45)58/h3-27H,1-2H3. The van der Waals surface area contributed by atoms with Gasteiger partial charge >= 0.3 is 0 Å². The zero-order valence-electron chi connectivity index (χ0n) is 34.6. The predicted molar refractivity (Wildman–Crippen MR) is 258 cm³/mol. The largest absolute Gasteiger partial charge is 0.458 e. The third-order valence-corrected chi connectivity index (χ3v) is 14.4. The molecule has 0 N–H and O–H groups in total. The van der Waals surface area contributed by atoms with Crippen LogP contribution in [0.2, 0.25) is 0 Å². The molecule has 0 saturated heterocycles. The van der Waals surface area contributed by atoms with Crippen molar-refractivity contribution >= 4 is 107 Å². The minimum Gasteiger partial charge on any atom is -0.458 e. The maximum atomic E-state index is 7.54. The average molecular weight is 819 g/mol. The molecule has 9 aromatic carbocycles. The van der Waals surface area contributed by atoms with Gasteiger partial charge in [0.05, 0.1) is 11.4 Å². The SMILES string of the molecule is Cc1cc2c(c(-c3ccccc3)c1)Oc1cc3c4c5c1B2c1cc2c(oc6ccccc62)c2c1N5c1c(cc5c(oc6ccccc65)c1O2)B4c1cc(C)cc(-c2ccccc2)c1O3. The Morgan fingerprint density at radius 1 is 0.391 bits per heavy atom. The number of para-hydroxylation sites is 2. The molecule has 296 valence electrons. The second-order valence-corrected chi connectivity index (χ2v) is 18.0. The van der Waals surface area contributed by atoms with E-state index in [-0.39, 0.29) is 13.4 Å². The number of benzene rings is 9. The van der Waals surface area contributed by atoms with Crippen LogP contribution in [0.4, 0.5) is 17.1 Å². The molecular weight excluding hydrogens is 788 g/mol. The first-order chi connectivity index (χ1) is 31.6. The van der Waals surface area contributed by atoms with E-state index < -0.39 is 0 Å². The first kappa shape index (κ1) is 33.5. The molecule has 7 heterocycles. The van der Waals surface area contributed by atoms with Gasteiger partial charge in [-0.1, -0.05) is 132 Å². The van der Waals surface area contributed by atoms with Gasteiger partial charge in [0.15, 0.2) is 22.7 Å². The fourth-order valence-electron chi connectivity index (χ4n) is 11.9. The van der Waals surface area contributed by atoms with Crippen molar-refractivity contribution in [3.63, 3.8) is 0 Å². The number of rotatable bonds is 2. The smallest absolute Gasteiger partial charge is 0.256 e.